The van der Waals surface area contributed by atoms with Gasteiger partial charge >= 0.3 is 0 Å². The number of H-pyrrole nitrogens is 1. The van der Waals surface area contributed by atoms with Gasteiger partial charge in [-0.2, -0.15) is 0 Å². The molecular weight excluding hydrogens is 392 g/mol. The second-order valence-corrected chi connectivity index (χ2v) is 9.24. The van der Waals surface area contributed by atoms with Crippen molar-refractivity contribution in [1.29, 1.82) is 0 Å². The van der Waals surface area contributed by atoms with Crippen molar-refractivity contribution >= 4 is 38.4 Å². The number of quaternary nitrogens is 1. The van der Waals surface area contributed by atoms with Crippen LogP contribution in [0.25, 0.3) is 21.1 Å². The van der Waals surface area contributed by atoms with Crippen molar-refractivity contribution < 1.29 is 9.69 Å². The average molecular weight is 420 g/mol. The summed E-state index contributed by atoms with van der Waals surface area (Å²) in [5.41, 5.74) is 3.52. The number of piperidine rings is 1. The Balaban J connectivity index is 1.08. The van der Waals surface area contributed by atoms with Crippen molar-refractivity contribution in [2.75, 3.05) is 26.2 Å². The highest BCUT2D eigenvalue weighted by Gasteiger charge is 2.27. The van der Waals surface area contributed by atoms with Gasteiger partial charge in [-0.25, -0.2) is 4.98 Å². The first kappa shape index (κ1) is 19.3. The third-order valence-corrected chi connectivity index (χ3v) is 7.35. The highest BCUT2D eigenvalue weighted by molar-refractivity contribution is 7.18. The van der Waals surface area contributed by atoms with Gasteiger partial charge in [-0.15, -0.1) is 11.3 Å². The summed E-state index contributed by atoms with van der Waals surface area (Å²) in [6, 6.07) is 16.7. The predicted molar refractivity (Wildman–Crippen MR) is 122 cm³/mol. The van der Waals surface area contributed by atoms with Crippen LogP contribution in [0.4, 0.5) is 0 Å². The van der Waals surface area contributed by atoms with Crippen LogP contribution in [0.2, 0.25) is 0 Å². The lowest BCUT2D eigenvalue weighted by atomic mass is 9.97. The van der Waals surface area contributed by atoms with Crippen LogP contribution in [0, 0.1) is 0 Å². The summed E-state index contributed by atoms with van der Waals surface area (Å²) in [5.74, 6) is 0.694. The van der Waals surface area contributed by atoms with Gasteiger partial charge in [-0.05, 0) is 30.2 Å². The van der Waals surface area contributed by atoms with E-state index in [4.69, 9.17) is 4.98 Å². The van der Waals surface area contributed by atoms with Crippen LogP contribution in [0.1, 0.15) is 29.3 Å². The molecule has 154 valence electrons. The molecule has 0 saturated carbocycles. The molecule has 2 aromatic heterocycles. The molecule has 6 heteroatoms. The number of likely N-dealkylation sites (tertiary alicyclic amines) is 1. The number of carbonyl (C=O) groups is 1. The molecule has 0 aliphatic carbocycles. The highest BCUT2D eigenvalue weighted by atomic mass is 32.1. The van der Waals surface area contributed by atoms with Gasteiger partial charge in [0, 0.05) is 42.4 Å². The van der Waals surface area contributed by atoms with Crippen LogP contribution < -0.4 is 10.2 Å². The number of aromatic amines is 1. The molecule has 1 aliphatic rings. The third-order valence-electron chi connectivity index (χ3n) is 6.15. The Morgan fingerprint density at radius 2 is 1.93 bits per heavy atom. The van der Waals surface area contributed by atoms with Gasteiger partial charge in [0.15, 0.2) is 6.54 Å². The quantitative estimate of drug-likeness (QED) is 0.450. The summed E-state index contributed by atoms with van der Waals surface area (Å²) < 4.78 is 1.27. The molecule has 0 spiro atoms. The number of amides is 1. The molecular formula is C24H27N4OS+. The fourth-order valence-corrected chi connectivity index (χ4v) is 5.62. The predicted octanol–water partition coefficient (Wildman–Crippen LogP) is 2.90. The van der Waals surface area contributed by atoms with E-state index in [1.165, 1.54) is 25.6 Å². The molecule has 0 bridgehead atoms. The number of hydrogen-bond acceptors (Lipinski definition) is 3. The standard InChI is InChI=1S/C24H26N4OS/c29-23(25-12-9-18-15-26-20-6-2-1-5-19(18)20)16-28-13-10-17(11-14-28)24-27-21-7-3-4-8-22(21)30-24/h1-8,15,17,26H,9-14,16H2,(H,25,29)/p+1. The summed E-state index contributed by atoms with van der Waals surface area (Å²) in [7, 11) is 0. The zero-order valence-electron chi connectivity index (χ0n) is 17.0. The van der Waals surface area contributed by atoms with Gasteiger partial charge in [0.25, 0.3) is 5.91 Å². The van der Waals surface area contributed by atoms with E-state index in [2.05, 4.69) is 59.0 Å². The lowest BCUT2D eigenvalue weighted by Crippen LogP contribution is -3.14. The maximum absolute atomic E-state index is 12.4. The average Bonchev–Trinajstić information content (AvgIpc) is 3.39. The van der Waals surface area contributed by atoms with Crippen molar-refractivity contribution in [3.63, 3.8) is 0 Å². The summed E-state index contributed by atoms with van der Waals surface area (Å²) in [4.78, 5) is 21.9. The van der Waals surface area contributed by atoms with E-state index in [0.717, 1.165) is 43.4 Å². The Morgan fingerprint density at radius 3 is 2.80 bits per heavy atom. The molecule has 1 aliphatic heterocycles. The van der Waals surface area contributed by atoms with Gasteiger partial charge in [-0.3, -0.25) is 4.79 Å². The van der Waals surface area contributed by atoms with Crippen LogP contribution in [0.3, 0.4) is 0 Å². The monoisotopic (exact) mass is 419 g/mol. The zero-order valence-corrected chi connectivity index (χ0v) is 17.8. The van der Waals surface area contributed by atoms with E-state index < -0.39 is 0 Å². The molecule has 4 aromatic rings. The second-order valence-electron chi connectivity index (χ2n) is 8.18. The van der Waals surface area contributed by atoms with Crippen LogP contribution in [0.5, 0.6) is 0 Å². The van der Waals surface area contributed by atoms with Gasteiger partial charge in [0.2, 0.25) is 0 Å². The van der Waals surface area contributed by atoms with Gasteiger partial charge in [0.1, 0.15) is 0 Å². The molecule has 3 N–H and O–H groups in total. The molecule has 3 heterocycles. The minimum absolute atomic E-state index is 0.156. The van der Waals surface area contributed by atoms with Gasteiger partial charge in [-0.1, -0.05) is 30.3 Å². The summed E-state index contributed by atoms with van der Waals surface area (Å²) in [6.07, 6.45) is 5.12. The second kappa shape index (κ2) is 8.58. The van der Waals surface area contributed by atoms with Crippen molar-refractivity contribution in [3.05, 3.63) is 65.3 Å². The van der Waals surface area contributed by atoms with Crippen molar-refractivity contribution in [1.82, 2.24) is 15.3 Å². The Morgan fingerprint density at radius 1 is 1.13 bits per heavy atom. The highest BCUT2D eigenvalue weighted by Crippen LogP contribution is 2.31. The molecule has 1 saturated heterocycles. The number of para-hydroxylation sites is 2. The molecule has 0 atom stereocenters. The normalized spacial score (nSPS) is 19.3. The van der Waals surface area contributed by atoms with Crippen LogP contribution in [-0.4, -0.2) is 42.1 Å². The lowest BCUT2D eigenvalue weighted by molar-refractivity contribution is -0.897. The number of nitrogens with zero attached hydrogens (tertiary/aromatic N) is 1. The molecule has 1 amide bonds. The van der Waals surface area contributed by atoms with E-state index in [0.29, 0.717) is 19.0 Å². The van der Waals surface area contributed by atoms with Crippen molar-refractivity contribution in [3.8, 4) is 0 Å². The Hall–Kier alpha value is -2.70. The smallest absolute Gasteiger partial charge is 0.275 e. The molecule has 0 radical (unpaired) electrons. The molecule has 30 heavy (non-hydrogen) atoms. The maximum atomic E-state index is 12.4. The van der Waals surface area contributed by atoms with Gasteiger partial charge in [0.05, 0.1) is 28.3 Å². The van der Waals surface area contributed by atoms with E-state index in [1.54, 1.807) is 0 Å². The number of thiazole rings is 1. The first-order chi connectivity index (χ1) is 14.8. The molecule has 5 rings (SSSR count). The zero-order chi connectivity index (χ0) is 20.3. The molecule has 2 aromatic carbocycles. The first-order valence-electron chi connectivity index (χ1n) is 10.8. The number of hydrogen-bond donors (Lipinski definition) is 3. The minimum Gasteiger partial charge on any atom is -0.361 e. The van der Waals surface area contributed by atoms with Crippen LogP contribution >= 0.6 is 11.3 Å². The Bertz CT molecular complexity index is 1120. The summed E-state index contributed by atoms with van der Waals surface area (Å²) in [5, 5.41) is 5.62. The number of carbonyl (C=O) groups excluding carboxylic acids is 1. The van der Waals surface area contributed by atoms with E-state index in [1.807, 2.05) is 17.4 Å². The van der Waals surface area contributed by atoms with Crippen molar-refractivity contribution in [2.24, 2.45) is 0 Å². The van der Waals surface area contributed by atoms with Crippen LogP contribution in [-0.2, 0) is 11.2 Å². The van der Waals surface area contributed by atoms with E-state index >= 15 is 0 Å². The maximum Gasteiger partial charge on any atom is 0.275 e. The number of fused-ring (bicyclic) bond motifs is 2. The third kappa shape index (κ3) is 4.11. The van der Waals surface area contributed by atoms with E-state index in [9.17, 15) is 4.79 Å². The first-order valence-corrected chi connectivity index (χ1v) is 11.6. The Kier molecular flexibility index (Phi) is 5.51. The van der Waals surface area contributed by atoms with Crippen molar-refractivity contribution in [2.45, 2.75) is 25.2 Å². The molecule has 0 unspecified atom stereocenters. The largest absolute Gasteiger partial charge is 0.361 e. The lowest BCUT2D eigenvalue weighted by Gasteiger charge is -2.27. The summed E-state index contributed by atoms with van der Waals surface area (Å²) in [6.45, 7) is 3.33. The number of nitrogens with one attached hydrogen (secondary N) is 3. The SMILES string of the molecule is O=C(C[NH+]1CCC(c2nc3ccccc3s2)CC1)NCCc1c[nH]c2ccccc12. The number of benzene rings is 2. The Labute approximate surface area is 180 Å². The number of aromatic nitrogens is 2. The fourth-order valence-electron chi connectivity index (χ4n) is 4.48. The minimum atomic E-state index is 0.156. The topological polar surface area (TPSA) is 62.2 Å². The summed E-state index contributed by atoms with van der Waals surface area (Å²) >= 11 is 1.83. The van der Waals surface area contributed by atoms with Gasteiger partial charge < -0.3 is 15.2 Å². The molecule has 1 fully saturated rings. The van der Waals surface area contributed by atoms with Crippen LogP contribution in [0.15, 0.2) is 54.7 Å². The van der Waals surface area contributed by atoms with E-state index in [-0.39, 0.29) is 5.91 Å². The fraction of sp³-hybridized carbons (Fsp3) is 0.333. The number of rotatable bonds is 6. The molecule has 5 nitrogen and oxygen atoms in total.